The van der Waals surface area contributed by atoms with Crippen LogP contribution < -0.4 is 5.32 Å². The monoisotopic (exact) mass is 291 g/mol. The number of nitrogens with one attached hydrogen (secondary N) is 1. The highest BCUT2D eigenvalue weighted by Gasteiger charge is 2.28. The van der Waals surface area contributed by atoms with E-state index in [2.05, 4.69) is 5.32 Å². The zero-order chi connectivity index (χ0) is 13.3. The van der Waals surface area contributed by atoms with Crippen LogP contribution in [0.3, 0.4) is 0 Å². The van der Waals surface area contributed by atoms with Crippen LogP contribution in [-0.4, -0.2) is 26.0 Å². The molecule has 1 saturated heterocycles. The molecule has 0 aromatic heterocycles. The summed E-state index contributed by atoms with van der Waals surface area (Å²) in [6, 6.07) is 3.77. The van der Waals surface area contributed by atoms with Gasteiger partial charge in [-0.1, -0.05) is 17.7 Å². The van der Waals surface area contributed by atoms with Gasteiger partial charge < -0.3 is 5.32 Å². The first-order valence-corrected chi connectivity index (χ1v) is 7.99. The first kappa shape index (κ1) is 13.8. The van der Waals surface area contributed by atoms with Crippen LogP contribution in [0.2, 0.25) is 5.02 Å². The molecule has 1 N–H and O–H groups in total. The maximum Gasteiger partial charge on any atom is 0.152 e. The molecule has 1 heterocycles. The van der Waals surface area contributed by atoms with Crippen molar-refractivity contribution >= 4 is 21.4 Å². The third kappa shape index (κ3) is 3.22. The fourth-order valence-electron chi connectivity index (χ4n) is 2.13. The molecule has 6 heteroatoms. The summed E-state index contributed by atoms with van der Waals surface area (Å²) in [5.74, 6) is -0.243. The molecule has 3 nitrogen and oxygen atoms in total. The van der Waals surface area contributed by atoms with E-state index in [0.717, 1.165) is 0 Å². The fourth-order valence-corrected chi connectivity index (χ4v) is 4.09. The molecule has 1 aliphatic heterocycles. The number of hydrogen-bond acceptors (Lipinski definition) is 3. The average molecular weight is 292 g/mol. The molecular weight excluding hydrogens is 277 g/mol. The maximum atomic E-state index is 13.0. The molecular formula is C12H15ClFNO2S. The highest BCUT2D eigenvalue weighted by molar-refractivity contribution is 7.91. The number of sulfone groups is 1. The molecule has 0 saturated carbocycles. The largest absolute Gasteiger partial charge is 0.306 e. The molecule has 1 aromatic rings. The Bertz CT molecular complexity index is 547. The zero-order valence-electron chi connectivity index (χ0n) is 9.99. The van der Waals surface area contributed by atoms with Crippen LogP contribution in [0.25, 0.3) is 0 Å². The summed E-state index contributed by atoms with van der Waals surface area (Å²) in [6.45, 7) is 1.94. The van der Waals surface area contributed by atoms with Gasteiger partial charge in [-0.05, 0) is 31.0 Å². The van der Waals surface area contributed by atoms with Crippen LogP contribution in [0.15, 0.2) is 18.2 Å². The van der Waals surface area contributed by atoms with Crippen molar-refractivity contribution < 1.29 is 12.8 Å². The van der Waals surface area contributed by atoms with Crippen molar-refractivity contribution in [3.05, 3.63) is 34.6 Å². The zero-order valence-corrected chi connectivity index (χ0v) is 11.6. The molecule has 0 radical (unpaired) electrons. The molecule has 1 aromatic carbocycles. The van der Waals surface area contributed by atoms with Gasteiger partial charge in [-0.15, -0.1) is 0 Å². The van der Waals surface area contributed by atoms with Gasteiger partial charge in [0, 0.05) is 17.1 Å². The predicted octanol–water partition coefficient (Wildman–Crippen LogP) is 2.32. The van der Waals surface area contributed by atoms with Gasteiger partial charge in [0.1, 0.15) is 5.82 Å². The minimum atomic E-state index is -3.09. The lowest BCUT2D eigenvalue weighted by Crippen LogP contribution is -2.31. The molecule has 0 aliphatic carbocycles. The Labute approximate surface area is 111 Å². The summed E-state index contributed by atoms with van der Waals surface area (Å²) in [5, 5.41) is 3.49. The lowest BCUT2D eigenvalue weighted by atomic mass is 10.1. The third-order valence-electron chi connectivity index (χ3n) is 3.11. The molecule has 0 spiro atoms. The Hall–Kier alpha value is -0.650. The van der Waals surface area contributed by atoms with Gasteiger partial charge in [0.2, 0.25) is 0 Å². The van der Waals surface area contributed by atoms with E-state index >= 15 is 0 Å². The number of hydrogen-bond donors (Lipinski definition) is 1. The summed E-state index contributed by atoms with van der Waals surface area (Å²) in [5.41, 5.74) is 0.635. The molecule has 2 atom stereocenters. The lowest BCUT2D eigenvalue weighted by Gasteiger charge is -2.20. The summed E-state index contributed by atoms with van der Waals surface area (Å²) < 4.78 is 36.6. The highest BCUT2D eigenvalue weighted by Crippen LogP contribution is 2.27. The first-order chi connectivity index (χ1) is 8.37. The minimum Gasteiger partial charge on any atom is -0.306 e. The van der Waals surface area contributed by atoms with Crippen molar-refractivity contribution in [2.45, 2.75) is 25.4 Å². The van der Waals surface area contributed by atoms with Gasteiger partial charge in [-0.2, -0.15) is 0 Å². The standard InChI is InChI=1S/C12H15ClFNO2S/c1-8-4-5-18(16,17)7-12(15-8)10-3-2-9(14)6-11(10)13/h2-3,6,8,12,15H,4-5,7H2,1H3. The Balaban J connectivity index is 2.35. The fraction of sp³-hybridized carbons (Fsp3) is 0.500. The van der Waals surface area contributed by atoms with E-state index in [1.807, 2.05) is 6.92 Å². The predicted molar refractivity (Wildman–Crippen MR) is 70.0 cm³/mol. The molecule has 18 heavy (non-hydrogen) atoms. The quantitative estimate of drug-likeness (QED) is 0.864. The molecule has 2 unspecified atom stereocenters. The van der Waals surface area contributed by atoms with Crippen molar-refractivity contribution in [2.24, 2.45) is 0 Å². The van der Waals surface area contributed by atoms with Crippen LogP contribution in [0.1, 0.15) is 24.9 Å². The van der Waals surface area contributed by atoms with E-state index in [1.54, 1.807) is 6.07 Å². The second-order valence-electron chi connectivity index (χ2n) is 4.69. The van der Waals surface area contributed by atoms with Crippen molar-refractivity contribution in [2.75, 3.05) is 11.5 Å². The maximum absolute atomic E-state index is 13.0. The molecule has 0 bridgehead atoms. The normalized spacial score (nSPS) is 27.7. The van der Waals surface area contributed by atoms with Gasteiger partial charge in [-0.3, -0.25) is 0 Å². The number of benzene rings is 1. The van der Waals surface area contributed by atoms with E-state index in [4.69, 9.17) is 11.6 Å². The van der Waals surface area contributed by atoms with E-state index in [9.17, 15) is 12.8 Å². The van der Waals surface area contributed by atoms with Gasteiger partial charge in [0.25, 0.3) is 0 Å². The Kier molecular flexibility index (Phi) is 3.94. The van der Waals surface area contributed by atoms with Crippen molar-refractivity contribution in [3.63, 3.8) is 0 Å². The third-order valence-corrected chi connectivity index (χ3v) is 5.13. The van der Waals surface area contributed by atoms with Crippen LogP contribution in [0.5, 0.6) is 0 Å². The minimum absolute atomic E-state index is 0.00267. The smallest absolute Gasteiger partial charge is 0.152 e. The molecule has 2 rings (SSSR count). The Morgan fingerprint density at radius 2 is 2.17 bits per heavy atom. The lowest BCUT2D eigenvalue weighted by molar-refractivity contribution is 0.483. The van der Waals surface area contributed by atoms with Gasteiger partial charge in [0.05, 0.1) is 11.5 Å². The summed E-state index contributed by atoms with van der Waals surface area (Å²) >= 11 is 5.98. The van der Waals surface area contributed by atoms with E-state index in [0.29, 0.717) is 12.0 Å². The average Bonchev–Trinajstić information content (AvgIpc) is 2.37. The van der Waals surface area contributed by atoms with Gasteiger partial charge >= 0.3 is 0 Å². The van der Waals surface area contributed by atoms with Crippen LogP contribution >= 0.6 is 11.6 Å². The number of rotatable bonds is 1. The van der Waals surface area contributed by atoms with Crippen molar-refractivity contribution in [3.8, 4) is 0 Å². The summed E-state index contributed by atoms with van der Waals surface area (Å²) in [4.78, 5) is 0. The Morgan fingerprint density at radius 3 is 2.83 bits per heavy atom. The number of halogens is 2. The SMILES string of the molecule is CC1CCS(=O)(=O)CC(c2ccc(F)cc2Cl)N1. The molecule has 1 aliphatic rings. The van der Waals surface area contributed by atoms with E-state index in [1.165, 1.54) is 12.1 Å². The second kappa shape index (κ2) is 5.15. The summed E-state index contributed by atoms with van der Waals surface area (Å²) in [7, 11) is -3.09. The van der Waals surface area contributed by atoms with Crippen LogP contribution in [-0.2, 0) is 9.84 Å². The molecule has 100 valence electrons. The van der Waals surface area contributed by atoms with Crippen LogP contribution in [0, 0.1) is 5.82 Å². The van der Waals surface area contributed by atoms with Crippen molar-refractivity contribution in [1.29, 1.82) is 0 Å². The highest BCUT2D eigenvalue weighted by atomic mass is 35.5. The van der Waals surface area contributed by atoms with Gasteiger partial charge in [-0.25, -0.2) is 12.8 Å². The van der Waals surface area contributed by atoms with E-state index < -0.39 is 15.7 Å². The topological polar surface area (TPSA) is 46.2 Å². The summed E-state index contributed by atoms with van der Waals surface area (Å²) in [6.07, 6.45) is 0.581. The van der Waals surface area contributed by atoms with Crippen LogP contribution in [0.4, 0.5) is 4.39 Å². The van der Waals surface area contributed by atoms with Gasteiger partial charge in [0.15, 0.2) is 9.84 Å². The Morgan fingerprint density at radius 1 is 1.44 bits per heavy atom. The van der Waals surface area contributed by atoms with E-state index in [-0.39, 0.29) is 28.6 Å². The second-order valence-corrected chi connectivity index (χ2v) is 7.33. The molecule has 0 amide bonds. The van der Waals surface area contributed by atoms with Crippen molar-refractivity contribution in [1.82, 2.24) is 5.32 Å². The molecule has 1 fully saturated rings. The first-order valence-electron chi connectivity index (χ1n) is 5.79.